The first-order chi connectivity index (χ1) is 12.0. The number of hydrogen-bond acceptors (Lipinski definition) is 6. The van der Waals surface area contributed by atoms with Crippen LogP contribution in [0.5, 0.6) is 0 Å². The summed E-state index contributed by atoms with van der Waals surface area (Å²) in [6.07, 6.45) is 0. The topological polar surface area (TPSA) is 53.5 Å². The molecule has 1 aliphatic rings. The first kappa shape index (κ1) is 17.4. The third kappa shape index (κ3) is 3.60. The van der Waals surface area contributed by atoms with E-state index < -0.39 is 10.0 Å². The molecule has 0 unspecified atom stereocenters. The lowest BCUT2D eigenvalue weighted by Gasteiger charge is -2.33. The van der Waals surface area contributed by atoms with Crippen molar-refractivity contribution in [2.24, 2.45) is 0 Å². The lowest BCUT2D eigenvalue weighted by molar-refractivity contribution is 0.181. The van der Waals surface area contributed by atoms with Gasteiger partial charge in [0.15, 0.2) is 0 Å². The Kier molecular flexibility index (Phi) is 4.83. The van der Waals surface area contributed by atoms with Crippen molar-refractivity contribution in [1.29, 1.82) is 0 Å². The number of piperazine rings is 1. The Morgan fingerprint density at radius 3 is 2.48 bits per heavy atom. The SMILES string of the molecule is O=S(=O)(c1ccc(Cl)s1)N1CCN(Cc2nc3ccccc3s2)CC1. The summed E-state index contributed by atoms with van der Waals surface area (Å²) in [5.74, 6) is 0. The molecular weight excluding hydrogens is 398 g/mol. The minimum atomic E-state index is -3.43. The summed E-state index contributed by atoms with van der Waals surface area (Å²) in [5.41, 5.74) is 1.03. The Bertz CT molecular complexity index is 958. The lowest BCUT2D eigenvalue weighted by atomic mass is 10.3. The zero-order chi connectivity index (χ0) is 17.4. The standard InChI is InChI=1S/C16H16ClN3O2S3/c17-14-5-6-16(24-14)25(21,22)20-9-7-19(8-10-20)11-15-18-12-3-1-2-4-13(12)23-15/h1-6H,7-11H2. The predicted octanol–water partition coefficient (Wildman–Crippen LogP) is 3.52. The van der Waals surface area contributed by atoms with Crippen LogP contribution in [0.3, 0.4) is 0 Å². The van der Waals surface area contributed by atoms with E-state index >= 15 is 0 Å². The highest BCUT2D eigenvalue weighted by atomic mass is 35.5. The molecule has 132 valence electrons. The highest BCUT2D eigenvalue weighted by Crippen LogP contribution is 2.29. The second-order valence-electron chi connectivity index (χ2n) is 5.81. The van der Waals surface area contributed by atoms with Gasteiger partial charge in [0.2, 0.25) is 0 Å². The van der Waals surface area contributed by atoms with Gasteiger partial charge >= 0.3 is 0 Å². The molecule has 0 amide bonds. The van der Waals surface area contributed by atoms with Crippen molar-refractivity contribution >= 4 is 54.5 Å². The van der Waals surface area contributed by atoms with E-state index in [2.05, 4.69) is 16.0 Å². The van der Waals surface area contributed by atoms with Gasteiger partial charge in [-0.15, -0.1) is 22.7 Å². The number of halogens is 1. The molecule has 25 heavy (non-hydrogen) atoms. The monoisotopic (exact) mass is 413 g/mol. The Morgan fingerprint density at radius 1 is 1.04 bits per heavy atom. The molecule has 1 aliphatic heterocycles. The first-order valence-corrected chi connectivity index (χ1v) is 11.3. The molecule has 0 aliphatic carbocycles. The number of sulfonamides is 1. The van der Waals surface area contributed by atoms with E-state index in [0.29, 0.717) is 34.7 Å². The number of thiazole rings is 1. The van der Waals surface area contributed by atoms with Crippen molar-refractivity contribution in [3.05, 3.63) is 45.7 Å². The maximum Gasteiger partial charge on any atom is 0.252 e. The van der Waals surface area contributed by atoms with Crippen molar-refractivity contribution in [2.45, 2.75) is 10.8 Å². The van der Waals surface area contributed by atoms with Gasteiger partial charge in [-0.2, -0.15) is 4.31 Å². The molecule has 3 aromatic rings. The van der Waals surface area contributed by atoms with Crippen LogP contribution in [0.2, 0.25) is 4.34 Å². The van der Waals surface area contributed by atoms with Crippen molar-refractivity contribution in [2.75, 3.05) is 26.2 Å². The van der Waals surface area contributed by atoms with Crippen LogP contribution < -0.4 is 0 Å². The minimum Gasteiger partial charge on any atom is -0.294 e. The minimum absolute atomic E-state index is 0.317. The van der Waals surface area contributed by atoms with Crippen LogP contribution in [-0.4, -0.2) is 48.8 Å². The highest BCUT2D eigenvalue weighted by molar-refractivity contribution is 7.91. The number of nitrogens with zero attached hydrogens (tertiary/aromatic N) is 3. The fourth-order valence-electron chi connectivity index (χ4n) is 2.87. The molecule has 0 atom stereocenters. The van der Waals surface area contributed by atoms with Crippen molar-refractivity contribution in [1.82, 2.24) is 14.2 Å². The molecule has 0 spiro atoms. The van der Waals surface area contributed by atoms with E-state index in [0.717, 1.165) is 28.4 Å². The van der Waals surface area contributed by atoms with Gasteiger partial charge in [-0.3, -0.25) is 4.90 Å². The predicted molar refractivity (Wildman–Crippen MR) is 103 cm³/mol. The maximum atomic E-state index is 12.6. The van der Waals surface area contributed by atoms with Crippen molar-refractivity contribution in [3.63, 3.8) is 0 Å². The van der Waals surface area contributed by atoms with Crippen LogP contribution in [0.15, 0.2) is 40.6 Å². The molecule has 2 aromatic heterocycles. The van der Waals surface area contributed by atoms with Crippen molar-refractivity contribution < 1.29 is 8.42 Å². The third-order valence-electron chi connectivity index (χ3n) is 4.17. The Balaban J connectivity index is 1.41. The van der Waals surface area contributed by atoms with Crippen LogP contribution in [0.4, 0.5) is 0 Å². The van der Waals surface area contributed by atoms with Crippen LogP contribution in [-0.2, 0) is 16.6 Å². The summed E-state index contributed by atoms with van der Waals surface area (Å²) < 4.78 is 28.8. The quantitative estimate of drug-likeness (QED) is 0.656. The van der Waals surface area contributed by atoms with Gasteiger partial charge in [-0.05, 0) is 24.3 Å². The number of fused-ring (bicyclic) bond motifs is 1. The molecule has 1 fully saturated rings. The maximum absolute atomic E-state index is 12.6. The van der Waals surface area contributed by atoms with E-state index in [9.17, 15) is 8.42 Å². The van der Waals surface area contributed by atoms with Gasteiger partial charge < -0.3 is 0 Å². The van der Waals surface area contributed by atoms with E-state index in [1.807, 2.05) is 18.2 Å². The normalized spacial score (nSPS) is 17.3. The summed E-state index contributed by atoms with van der Waals surface area (Å²) in [7, 11) is -3.43. The molecule has 0 saturated carbocycles. The van der Waals surface area contributed by atoms with E-state index in [-0.39, 0.29) is 0 Å². The number of thiophene rings is 1. The van der Waals surface area contributed by atoms with Gasteiger partial charge in [-0.1, -0.05) is 23.7 Å². The first-order valence-electron chi connectivity index (χ1n) is 7.85. The third-order valence-corrected chi connectivity index (χ3v) is 8.79. The van der Waals surface area contributed by atoms with E-state index in [1.165, 1.54) is 4.70 Å². The average molecular weight is 414 g/mol. The summed E-state index contributed by atoms with van der Waals surface area (Å²) in [4.78, 5) is 6.91. The number of para-hydroxylation sites is 1. The molecule has 9 heteroatoms. The second-order valence-corrected chi connectivity index (χ2v) is 10.8. The molecule has 3 heterocycles. The fourth-order valence-corrected chi connectivity index (χ4v) is 6.94. The number of hydrogen-bond donors (Lipinski definition) is 0. The Labute approximate surface area is 159 Å². The number of aromatic nitrogens is 1. The van der Waals surface area contributed by atoms with E-state index in [4.69, 9.17) is 11.6 Å². The molecule has 0 N–H and O–H groups in total. The van der Waals surface area contributed by atoms with Gasteiger partial charge in [0.05, 0.1) is 21.1 Å². The van der Waals surface area contributed by atoms with Crippen LogP contribution in [0.1, 0.15) is 5.01 Å². The molecule has 4 rings (SSSR count). The molecule has 1 aromatic carbocycles. The number of rotatable bonds is 4. The summed E-state index contributed by atoms with van der Waals surface area (Å²) in [5, 5.41) is 1.07. The summed E-state index contributed by atoms with van der Waals surface area (Å²) in [6, 6.07) is 11.3. The fraction of sp³-hybridized carbons (Fsp3) is 0.312. The van der Waals surface area contributed by atoms with Gasteiger partial charge in [0.1, 0.15) is 9.22 Å². The van der Waals surface area contributed by atoms with Gasteiger partial charge in [0.25, 0.3) is 10.0 Å². The molecule has 0 radical (unpaired) electrons. The Hall–Kier alpha value is -1.03. The summed E-state index contributed by atoms with van der Waals surface area (Å²) >= 11 is 8.68. The summed E-state index contributed by atoms with van der Waals surface area (Å²) in [6.45, 7) is 3.14. The van der Waals surface area contributed by atoms with Crippen LogP contribution in [0, 0.1) is 0 Å². The Morgan fingerprint density at radius 2 is 1.80 bits per heavy atom. The average Bonchev–Trinajstić information content (AvgIpc) is 3.21. The van der Waals surface area contributed by atoms with Gasteiger partial charge in [0, 0.05) is 26.2 Å². The van der Waals surface area contributed by atoms with Crippen molar-refractivity contribution in [3.8, 4) is 0 Å². The zero-order valence-electron chi connectivity index (χ0n) is 13.3. The molecule has 1 saturated heterocycles. The van der Waals surface area contributed by atoms with E-state index in [1.54, 1.807) is 27.8 Å². The molecule has 5 nitrogen and oxygen atoms in total. The molecule has 0 bridgehead atoms. The lowest BCUT2D eigenvalue weighted by Crippen LogP contribution is -2.48. The molecular formula is C16H16ClN3O2S3. The zero-order valence-corrected chi connectivity index (χ0v) is 16.5. The highest BCUT2D eigenvalue weighted by Gasteiger charge is 2.29. The van der Waals surface area contributed by atoms with Gasteiger partial charge in [-0.25, -0.2) is 13.4 Å². The smallest absolute Gasteiger partial charge is 0.252 e. The number of benzene rings is 1. The van der Waals surface area contributed by atoms with Crippen LogP contribution in [0.25, 0.3) is 10.2 Å². The largest absolute Gasteiger partial charge is 0.294 e. The second kappa shape index (κ2) is 6.94. The van der Waals surface area contributed by atoms with Crippen LogP contribution >= 0.6 is 34.3 Å².